The third-order valence-electron chi connectivity index (χ3n) is 5.72. The fourth-order valence-electron chi connectivity index (χ4n) is 3.92. The first kappa shape index (κ1) is 12.5. The Kier molecular flexibility index (Phi) is 2.74. The number of aromatic nitrogens is 1. The van der Waals surface area contributed by atoms with Gasteiger partial charge in [0.15, 0.2) is 0 Å². The van der Waals surface area contributed by atoms with Gasteiger partial charge in [-0.1, -0.05) is 20.8 Å². The Balaban J connectivity index is 1.86. The van der Waals surface area contributed by atoms with Gasteiger partial charge in [-0.15, -0.1) is 0 Å². The lowest BCUT2D eigenvalue weighted by molar-refractivity contribution is 0.0296. The van der Waals surface area contributed by atoms with E-state index in [2.05, 4.69) is 41.7 Å². The van der Waals surface area contributed by atoms with E-state index in [0.717, 1.165) is 16.1 Å². The van der Waals surface area contributed by atoms with Crippen LogP contribution in [-0.2, 0) is 0 Å². The molecule has 0 spiro atoms. The van der Waals surface area contributed by atoms with Crippen molar-refractivity contribution >= 4 is 15.9 Å². The molecule has 2 aliphatic rings. The van der Waals surface area contributed by atoms with Gasteiger partial charge in [0.1, 0.15) is 11.9 Å². The summed E-state index contributed by atoms with van der Waals surface area (Å²) in [5.74, 6) is 1.74. The summed E-state index contributed by atoms with van der Waals surface area (Å²) in [5, 5.41) is 0. The van der Waals surface area contributed by atoms with Crippen LogP contribution in [0.25, 0.3) is 0 Å². The summed E-state index contributed by atoms with van der Waals surface area (Å²) in [6.45, 7) is 7.23. The Labute approximate surface area is 117 Å². The number of fused-ring (bicyclic) bond motifs is 2. The van der Waals surface area contributed by atoms with Crippen molar-refractivity contribution in [2.45, 2.75) is 46.1 Å². The molecule has 0 saturated heterocycles. The van der Waals surface area contributed by atoms with Crippen molar-refractivity contribution in [1.29, 1.82) is 0 Å². The molecule has 0 aromatic carbocycles. The summed E-state index contributed by atoms with van der Waals surface area (Å²) < 4.78 is 7.24. The first-order valence-corrected chi connectivity index (χ1v) is 7.50. The Hall–Kier alpha value is -0.570. The third kappa shape index (κ3) is 1.56. The van der Waals surface area contributed by atoms with Crippen LogP contribution in [0.15, 0.2) is 22.9 Å². The van der Waals surface area contributed by atoms with Gasteiger partial charge in [-0.25, -0.2) is 0 Å². The first-order valence-electron chi connectivity index (χ1n) is 6.71. The predicted molar refractivity (Wildman–Crippen MR) is 75.6 cm³/mol. The number of hydrogen-bond donors (Lipinski definition) is 0. The highest BCUT2D eigenvalue weighted by molar-refractivity contribution is 9.10. The zero-order valence-electron chi connectivity index (χ0n) is 11.2. The van der Waals surface area contributed by atoms with Crippen LogP contribution in [0.2, 0.25) is 0 Å². The molecular weight excluding hydrogens is 290 g/mol. The molecule has 2 aliphatic carbocycles. The standard InChI is InChI=1S/C15H20BrNO/c1-14(2)10-4-6-15(14,3)13(8-10)18-12-5-7-17-9-11(12)16/h5,7,9-10,13H,4,6,8H2,1-3H3. The van der Waals surface area contributed by atoms with Crippen molar-refractivity contribution in [2.75, 3.05) is 0 Å². The smallest absolute Gasteiger partial charge is 0.137 e. The monoisotopic (exact) mass is 309 g/mol. The van der Waals surface area contributed by atoms with E-state index in [1.165, 1.54) is 19.3 Å². The van der Waals surface area contributed by atoms with Gasteiger partial charge in [-0.05, 0) is 52.6 Å². The van der Waals surface area contributed by atoms with E-state index >= 15 is 0 Å². The van der Waals surface area contributed by atoms with Crippen molar-refractivity contribution in [3.63, 3.8) is 0 Å². The molecule has 2 fully saturated rings. The lowest BCUT2D eigenvalue weighted by atomic mass is 9.70. The number of rotatable bonds is 2. The first-order chi connectivity index (χ1) is 8.45. The average Bonchev–Trinajstić information content (AvgIpc) is 2.65. The van der Waals surface area contributed by atoms with Crippen molar-refractivity contribution in [3.8, 4) is 5.75 Å². The molecule has 2 nitrogen and oxygen atoms in total. The van der Waals surface area contributed by atoms with Crippen molar-refractivity contribution in [1.82, 2.24) is 4.98 Å². The van der Waals surface area contributed by atoms with E-state index in [1.807, 2.05) is 6.07 Å². The van der Waals surface area contributed by atoms with Gasteiger partial charge in [-0.3, -0.25) is 4.98 Å². The summed E-state index contributed by atoms with van der Waals surface area (Å²) in [6.07, 6.45) is 7.78. The van der Waals surface area contributed by atoms with E-state index in [-0.39, 0.29) is 0 Å². The molecule has 1 aromatic heterocycles. The van der Waals surface area contributed by atoms with Gasteiger partial charge < -0.3 is 4.74 Å². The molecule has 0 aliphatic heterocycles. The minimum atomic E-state index is 0.306. The predicted octanol–water partition coefficient (Wildman–Crippen LogP) is 4.44. The molecule has 3 unspecified atom stereocenters. The maximum atomic E-state index is 6.29. The Bertz CT molecular complexity index is 473. The van der Waals surface area contributed by atoms with Gasteiger partial charge in [0, 0.05) is 17.8 Å². The highest BCUT2D eigenvalue weighted by Gasteiger charge is 2.62. The summed E-state index contributed by atoms with van der Waals surface area (Å²) >= 11 is 3.52. The average molecular weight is 310 g/mol. The molecule has 1 heterocycles. The molecule has 0 N–H and O–H groups in total. The van der Waals surface area contributed by atoms with E-state index in [1.54, 1.807) is 12.4 Å². The number of halogens is 1. The van der Waals surface area contributed by atoms with Crippen LogP contribution in [0.1, 0.15) is 40.0 Å². The number of pyridine rings is 1. The van der Waals surface area contributed by atoms with Gasteiger partial charge in [0.05, 0.1) is 4.47 Å². The Morgan fingerprint density at radius 2 is 2.17 bits per heavy atom. The second kappa shape index (κ2) is 3.96. The molecule has 3 rings (SSSR count). The molecular formula is C15H20BrNO. The molecule has 3 atom stereocenters. The molecule has 0 radical (unpaired) electrons. The highest BCUT2D eigenvalue weighted by Crippen LogP contribution is 2.66. The highest BCUT2D eigenvalue weighted by atomic mass is 79.9. The van der Waals surface area contributed by atoms with Crippen LogP contribution in [0, 0.1) is 16.7 Å². The van der Waals surface area contributed by atoms with Gasteiger partial charge in [0.2, 0.25) is 0 Å². The zero-order valence-corrected chi connectivity index (χ0v) is 12.8. The van der Waals surface area contributed by atoms with E-state index in [0.29, 0.717) is 16.9 Å². The fourth-order valence-corrected chi connectivity index (χ4v) is 4.26. The van der Waals surface area contributed by atoms with Crippen LogP contribution in [0.4, 0.5) is 0 Å². The summed E-state index contributed by atoms with van der Waals surface area (Å²) in [6, 6.07) is 1.95. The zero-order chi connectivity index (χ0) is 13.0. The molecule has 3 heteroatoms. The van der Waals surface area contributed by atoms with Crippen molar-refractivity contribution in [3.05, 3.63) is 22.9 Å². The third-order valence-corrected chi connectivity index (χ3v) is 6.31. The Morgan fingerprint density at radius 3 is 2.72 bits per heavy atom. The lowest BCUT2D eigenvalue weighted by Gasteiger charge is -2.39. The topological polar surface area (TPSA) is 22.1 Å². The largest absolute Gasteiger partial charge is 0.489 e. The van der Waals surface area contributed by atoms with Gasteiger partial charge in [0.25, 0.3) is 0 Å². The van der Waals surface area contributed by atoms with Gasteiger partial charge in [-0.2, -0.15) is 0 Å². The Morgan fingerprint density at radius 1 is 1.39 bits per heavy atom. The van der Waals surface area contributed by atoms with E-state index in [9.17, 15) is 0 Å². The van der Waals surface area contributed by atoms with Crippen LogP contribution in [-0.4, -0.2) is 11.1 Å². The minimum Gasteiger partial charge on any atom is -0.489 e. The maximum Gasteiger partial charge on any atom is 0.137 e. The molecule has 0 amide bonds. The number of ether oxygens (including phenoxy) is 1. The second-order valence-corrected chi connectivity index (χ2v) is 7.38. The van der Waals surface area contributed by atoms with Crippen LogP contribution in [0.3, 0.4) is 0 Å². The fraction of sp³-hybridized carbons (Fsp3) is 0.667. The normalized spacial score (nSPS) is 36.9. The quantitative estimate of drug-likeness (QED) is 0.806. The van der Waals surface area contributed by atoms with Crippen LogP contribution < -0.4 is 4.74 Å². The summed E-state index contributed by atoms with van der Waals surface area (Å²) in [4.78, 5) is 4.09. The summed E-state index contributed by atoms with van der Waals surface area (Å²) in [5.41, 5.74) is 0.706. The minimum absolute atomic E-state index is 0.306. The van der Waals surface area contributed by atoms with E-state index in [4.69, 9.17) is 4.74 Å². The molecule has 98 valence electrons. The van der Waals surface area contributed by atoms with Gasteiger partial charge >= 0.3 is 0 Å². The van der Waals surface area contributed by atoms with Crippen LogP contribution in [0.5, 0.6) is 5.75 Å². The second-order valence-electron chi connectivity index (χ2n) is 6.52. The van der Waals surface area contributed by atoms with E-state index < -0.39 is 0 Å². The number of hydrogen-bond acceptors (Lipinski definition) is 2. The molecule has 18 heavy (non-hydrogen) atoms. The number of nitrogens with zero attached hydrogens (tertiary/aromatic N) is 1. The van der Waals surface area contributed by atoms with Crippen LogP contribution >= 0.6 is 15.9 Å². The lowest BCUT2D eigenvalue weighted by Crippen LogP contribution is -2.38. The summed E-state index contributed by atoms with van der Waals surface area (Å²) in [7, 11) is 0. The molecule has 1 aromatic rings. The molecule has 2 saturated carbocycles. The maximum absolute atomic E-state index is 6.29. The molecule has 2 bridgehead atoms. The van der Waals surface area contributed by atoms with Crippen molar-refractivity contribution < 1.29 is 4.74 Å². The van der Waals surface area contributed by atoms with Crippen molar-refractivity contribution in [2.24, 2.45) is 16.7 Å². The SMILES string of the molecule is CC1(C)C2CCC1(C)C(Oc1ccncc1Br)C2.